The van der Waals surface area contributed by atoms with Crippen LogP contribution >= 0.6 is 11.3 Å². The average Bonchev–Trinajstić information content (AvgIpc) is 2.70. The first-order chi connectivity index (χ1) is 7.25. The minimum atomic E-state index is 0.0744. The minimum Gasteiger partial charge on any atom is -0.324 e. The molecule has 1 unspecified atom stereocenters. The van der Waals surface area contributed by atoms with E-state index in [1.165, 1.54) is 4.88 Å². The lowest BCUT2D eigenvalue weighted by Crippen LogP contribution is -2.12. The highest BCUT2D eigenvalue weighted by Crippen LogP contribution is 2.19. The van der Waals surface area contributed by atoms with Crippen molar-refractivity contribution in [3.8, 4) is 0 Å². The zero-order chi connectivity index (χ0) is 10.7. The van der Waals surface area contributed by atoms with Crippen LogP contribution in [-0.4, -0.2) is 4.98 Å². The Hall–Kier alpha value is -1.19. The molecule has 0 aliphatic rings. The summed E-state index contributed by atoms with van der Waals surface area (Å²) >= 11 is 1.75. The number of pyridine rings is 1. The van der Waals surface area contributed by atoms with Gasteiger partial charge in [0, 0.05) is 29.2 Å². The van der Waals surface area contributed by atoms with Crippen LogP contribution in [0, 0.1) is 6.92 Å². The quantitative estimate of drug-likeness (QED) is 0.860. The zero-order valence-corrected chi connectivity index (χ0v) is 9.50. The SMILES string of the molecule is Cc1cc(C(N)Cc2cccs2)ccn1. The van der Waals surface area contributed by atoms with Gasteiger partial charge in [0.2, 0.25) is 0 Å². The highest BCUT2D eigenvalue weighted by molar-refractivity contribution is 7.09. The number of rotatable bonds is 3. The van der Waals surface area contributed by atoms with Crippen molar-refractivity contribution in [3.05, 3.63) is 52.0 Å². The molecule has 0 saturated heterocycles. The van der Waals surface area contributed by atoms with Gasteiger partial charge in [-0.05, 0) is 36.1 Å². The monoisotopic (exact) mass is 218 g/mol. The van der Waals surface area contributed by atoms with E-state index in [4.69, 9.17) is 5.73 Å². The highest BCUT2D eigenvalue weighted by atomic mass is 32.1. The molecule has 0 fully saturated rings. The Morgan fingerprint density at radius 2 is 2.33 bits per heavy atom. The van der Waals surface area contributed by atoms with Crippen molar-refractivity contribution in [2.45, 2.75) is 19.4 Å². The first-order valence-corrected chi connectivity index (χ1v) is 5.84. The molecule has 0 aromatic carbocycles. The van der Waals surface area contributed by atoms with Gasteiger partial charge in [-0.25, -0.2) is 0 Å². The van der Waals surface area contributed by atoms with Crippen LogP contribution in [0.25, 0.3) is 0 Å². The molecule has 2 nitrogen and oxygen atoms in total. The molecule has 0 spiro atoms. The largest absolute Gasteiger partial charge is 0.324 e. The fourth-order valence-corrected chi connectivity index (χ4v) is 2.33. The first-order valence-electron chi connectivity index (χ1n) is 4.96. The summed E-state index contributed by atoms with van der Waals surface area (Å²) in [6.07, 6.45) is 2.72. The van der Waals surface area contributed by atoms with Gasteiger partial charge in [-0.2, -0.15) is 0 Å². The van der Waals surface area contributed by atoms with Crippen molar-refractivity contribution < 1.29 is 0 Å². The van der Waals surface area contributed by atoms with Gasteiger partial charge in [-0.1, -0.05) is 6.07 Å². The Morgan fingerprint density at radius 1 is 1.47 bits per heavy atom. The average molecular weight is 218 g/mol. The van der Waals surface area contributed by atoms with Crippen LogP contribution in [0.2, 0.25) is 0 Å². The van der Waals surface area contributed by atoms with Gasteiger partial charge < -0.3 is 5.73 Å². The molecule has 15 heavy (non-hydrogen) atoms. The van der Waals surface area contributed by atoms with E-state index in [-0.39, 0.29) is 6.04 Å². The van der Waals surface area contributed by atoms with Crippen molar-refractivity contribution in [2.75, 3.05) is 0 Å². The molecule has 0 aliphatic carbocycles. The third-order valence-electron chi connectivity index (χ3n) is 2.35. The lowest BCUT2D eigenvalue weighted by atomic mass is 10.0. The molecule has 3 heteroatoms. The second-order valence-electron chi connectivity index (χ2n) is 3.62. The van der Waals surface area contributed by atoms with E-state index in [9.17, 15) is 0 Å². The van der Waals surface area contributed by atoms with Gasteiger partial charge in [0.05, 0.1) is 0 Å². The second-order valence-corrected chi connectivity index (χ2v) is 4.65. The summed E-state index contributed by atoms with van der Waals surface area (Å²) in [5, 5.41) is 2.08. The maximum absolute atomic E-state index is 6.13. The number of nitrogens with two attached hydrogens (primary N) is 1. The maximum atomic E-state index is 6.13. The van der Waals surface area contributed by atoms with Crippen LogP contribution in [0.3, 0.4) is 0 Å². The van der Waals surface area contributed by atoms with E-state index >= 15 is 0 Å². The maximum Gasteiger partial charge on any atom is 0.0375 e. The molecular weight excluding hydrogens is 204 g/mol. The van der Waals surface area contributed by atoms with Gasteiger partial charge >= 0.3 is 0 Å². The number of hydrogen-bond acceptors (Lipinski definition) is 3. The Balaban J connectivity index is 2.11. The fraction of sp³-hybridized carbons (Fsp3) is 0.250. The van der Waals surface area contributed by atoms with Crippen molar-refractivity contribution in [1.29, 1.82) is 0 Å². The number of nitrogens with zero attached hydrogens (tertiary/aromatic N) is 1. The van der Waals surface area contributed by atoms with E-state index in [1.807, 2.05) is 19.2 Å². The molecule has 1 atom stereocenters. The predicted molar refractivity (Wildman–Crippen MR) is 63.9 cm³/mol. The van der Waals surface area contributed by atoms with E-state index < -0.39 is 0 Å². The highest BCUT2D eigenvalue weighted by Gasteiger charge is 2.07. The fourth-order valence-electron chi connectivity index (χ4n) is 1.56. The van der Waals surface area contributed by atoms with Crippen molar-refractivity contribution in [1.82, 2.24) is 4.98 Å². The van der Waals surface area contributed by atoms with Crippen LogP contribution < -0.4 is 5.73 Å². The molecule has 0 bridgehead atoms. The standard InChI is InChI=1S/C12H14N2S/c1-9-7-10(4-5-14-9)12(13)8-11-3-2-6-15-11/h2-7,12H,8,13H2,1H3. The summed E-state index contributed by atoms with van der Waals surface area (Å²) in [4.78, 5) is 5.50. The summed E-state index contributed by atoms with van der Waals surface area (Å²) in [6.45, 7) is 1.99. The van der Waals surface area contributed by atoms with Crippen LogP contribution in [0.4, 0.5) is 0 Å². The topological polar surface area (TPSA) is 38.9 Å². The van der Waals surface area contributed by atoms with Crippen molar-refractivity contribution in [3.63, 3.8) is 0 Å². The Labute approximate surface area is 93.8 Å². The normalized spacial score (nSPS) is 12.7. The molecule has 2 rings (SSSR count). The lowest BCUT2D eigenvalue weighted by Gasteiger charge is -2.10. The summed E-state index contributed by atoms with van der Waals surface area (Å²) in [5.74, 6) is 0. The van der Waals surface area contributed by atoms with Crippen LogP contribution in [-0.2, 0) is 6.42 Å². The Bertz CT molecular complexity index is 423. The molecule has 2 aromatic rings. The molecular formula is C12H14N2S. The molecule has 0 radical (unpaired) electrons. The Morgan fingerprint density at radius 3 is 3.00 bits per heavy atom. The van der Waals surface area contributed by atoms with E-state index in [2.05, 4.69) is 28.6 Å². The number of hydrogen-bond donors (Lipinski definition) is 1. The molecule has 2 heterocycles. The summed E-state index contributed by atoms with van der Waals surface area (Å²) in [7, 11) is 0. The Kier molecular flexibility index (Phi) is 3.14. The smallest absolute Gasteiger partial charge is 0.0375 e. The van der Waals surface area contributed by atoms with Gasteiger partial charge in [0.25, 0.3) is 0 Å². The van der Waals surface area contributed by atoms with E-state index in [0.29, 0.717) is 0 Å². The zero-order valence-electron chi connectivity index (χ0n) is 8.68. The lowest BCUT2D eigenvalue weighted by molar-refractivity contribution is 0.727. The van der Waals surface area contributed by atoms with Crippen LogP contribution in [0.1, 0.15) is 22.2 Å². The summed E-state index contributed by atoms with van der Waals surface area (Å²) in [5.41, 5.74) is 8.32. The third-order valence-corrected chi connectivity index (χ3v) is 3.25. The van der Waals surface area contributed by atoms with E-state index in [1.54, 1.807) is 11.3 Å². The molecule has 2 N–H and O–H groups in total. The second kappa shape index (κ2) is 4.55. The number of aromatic nitrogens is 1. The van der Waals surface area contributed by atoms with Crippen LogP contribution in [0.15, 0.2) is 35.8 Å². The minimum absolute atomic E-state index is 0.0744. The molecule has 0 aliphatic heterocycles. The van der Waals surface area contributed by atoms with Crippen molar-refractivity contribution >= 4 is 11.3 Å². The predicted octanol–water partition coefficient (Wildman–Crippen LogP) is 2.69. The summed E-state index contributed by atoms with van der Waals surface area (Å²) in [6, 6.07) is 8.30. The van der Waals surface area contributed by atoms with E-state index in [0.717, 1.165) is 17.7 Å². The first kappa shape index (κ1) is 10.3. The molecule has 2 aromatic heterocycles. The van der Waals surface area contributed by atoms with Gasteiger partial charge in [0.1, 0.15) is 0 Å². The van der Waals surface area contributed by atoms with Crippen molar-refractivity contribution in [2.24, 2.45) is 5.73 Å². The number of thiophene rings is 1. The third kappa shape index (κ3) is 2.64. The van der Waals surface area contributed by atoms with Gasteiger partial charge in [-0.15, -0.1) is 11.3 Å². The molecule has 0 amide bonds. The number of aryl methyl sites for hydroxylation is 1. The van der Waals surface area contributed by atoms with Gasteiger partial charge in [-0.3, -0.25) is 4.98 Å². The molecule has 78 valence electrons. The van der Waals surface area contributed by atoms with Gasteiger partial charge in [0.15, 0.2) is 0 Å². The summed E-state index contributed by atoms with van der Waals surface area (Å²) < 4.78 is 0. The molecule has 0 saturated carbocycles. The van der Waals surface area contributed by atoms with Crippen LogP contribution in [0.5, 0.6) is 0 Å².